The van der Waals surface area contributed by atoms with E-state index >= 15 is 0 Å². The van der Waals surface area contributed by atoms with Gasteiger partial charge < -0.3 is 15.5 Å². The standard InChI is InChI=1S/C14H13NO2/c16-13-5-1-3-11-9(13)7-8-10-12(15-11)4-2-6-14(10)17/h1-6,15-17H,7-8H2. The molecule has 0 aliphatic carbocycles. The molecule has 86 valence electrons. The quantitative estimate of drug-likeness (QED) is 0.648. The molecule has 0 saturated heterocycles. The van der Waals surface area contributed by atoms with Crippen molar-refractivity contribution in [1.82, 2.24) is 0 Å². The van der Waals surface area contributed by atoms with E-state index in [9.17, 15) is 10.2 Å². The van der Waals surface area contributed by atoms with Crippen LogP contribution in [0, 0.1) is 0 Å². The van der Waals surface area contributed by atoms with Gasteiger partial charge in [0.1, 0.15) is 11.5 Å². The van der Waals surface area contributed by atoms with Gasteiger partial charge in [0.15, 0.2) is 0 Å². The number of benzene rings is 2. The third kappa shape index (κ3) is 1.60. The van der Waals surface area contributed by atoms with Gasteiger partial charge in [-0.15, -0.1) is 0 Å². The van der Waals surface area contributed by atoms with E-state index in [2.05, 4.69) is 5.32 Å². The molecule has 1 heterocycles. The Morgan fingerprint density at radius 1 is 0.765 bits per heavy atom. The van der Waals surface area contributed by atoms with Gasteiger partial charge in [0.2, 0.25) is 0 Å². The summed E-state index contributed by atoms with van der Waals surface area (Å²) < 4.78 is 0. The molecule has 3 rings (SSSR count). The lowest BCUT2D eigenvalue weighted by atomic mass is 10.0. The Hall–Kier alpha value is -2.16. The van der Waals surface area contributed by atoms with Crippen LogP contribution in [0.2, 0.25) is 0 Å². The molecular weight excluding hydrogens is 214 g/mol. The maximum Gasteiger partial charge on any atom is 0.120 e. The minimum absolute atomic E-state index is 0.308. The van der Waals surface area contributed by atoms with E-state index in [0.717, 1.165) is 35.3 Å². The largest absolute Gasteiger partial charge is 0.508 e. The molecule has 0 unspecified atom stereocenters. The van der Waals surface area contributed by atoms with Crippen LogP contribution in [0.15, 0.2) is 36.4 Å². The fourth-order valence-corrected chi connectivity index (χ4v) is 2.30. The molecule has 3 N–H and O–H groups in total. The van der Waals surface area contributed by atoms with Gasteiger partial charge in [-0.2, -0.15) is 0 Å². The van der Waals surface area contributed by atoms with E-state index in [0.29, 0.717) is 11.5 Å². The molecule has 3 nitrogen and oxygen atoms in total. The Labute approximate surface area is 99.4 Å². The van der Waals surface area contributed by atoms with Crippen LogP contribution in [0.25, 0.3) is 0 Å². The van der Waals surface area contributed by atoms with Crippen molar-refractivity contribution in [1.29, 1.82) is 0 Å². The second-order valence-corrected chi connectivity index (χ2v) is 4.23. The minimum atomic E-state index is 0.308. The first-order valence-electron chi connectivity index (χ1n) is 5.64. The van der Waals surface area contributed by atoms with Crippen molar-refractivity contribution >= 4 is 11.4 Å². The topological polar surface area (TPSA) is 52.5 Å². The Morgan fingerprint density at radius 3 is 1.71 bits per heavy atom. The summed E-state index contributed by atoms with van der Waals surface area (Å²) >= 11 is 0. The number of phenols is 2. The fraction of sp³-hybridized carbons (Fsp3) is 0.143. The average Bonchev–Trinajstić information content (AvgIpc) is 2.50. The third-order valence-electron chi connectivity index (χ3n) is 3.20. The lowest BCUT2D eigenvalue weighted by Gasteiger charge is -2.10. The van der Waals surface area contributed by atoms with Crippen molar-refractivity contribution in [3.63, 3.8) is 0 Å². The molecule has 2 aromatic rings. The van der Waals surface area contributed by atoms with Gasteiger partial charge in [0.25, 0.3) is 0 Å². The molecule has 0 amide bonds. The first kappa shape index (κ1) is 10.0. The summed E-state index contributed by atoms with van der Waals surface area (Å²) in [6.45, 7) is 0. The van der Waals surface area contributed by atoms with Crippen LogP contribution in [-0.4, -0.2) is 10.2 Å². The average molecular weight is 227 g/mol. The molecule has 17 heavy (non-hydrogen) atoms. The summed E-state index contributed by atoms with van der Waals surface area (Å²) in [6.07, 6.45) is 1.44. The van der Waals surface area contributed by atoms with E-state index in [-0.39, 0.29) is 0 Å². The predicted octanol–water partition coefficient (Wildman–Crippen LogP) is 2.94. The monoisotopic (exact) mass is 227 g/mol. The zero-order chi connectivity index (χ0) is 11.8. The molecule has 1 aliphatic rings. The summed E-state index contributed by atoms with van der Waals surface area (Å²) in [5, 5.41) is 22.9. The number of nitrogens with one attached hydrogen (secondary N) is 1. The molecule has 0 spiro atoms. The van der Waals surface area contributed by atoms with Crippen molar-refractivity contribution in [2.75, 3.05) is 5.32 Å². The molecule has 0 radical (unpaired) electrons. The fourth-order valence-electron chi connectivity index (χ4n) is 2.30. The summed E-state index contributed by atoms with van der Waals surface area (Å²) in [5.41, 5.74) is 3.63. The molecule has 2 aromatic carbocycles. The zero-order valence-electron chi connectivity index (χ0n) is 9.27. The van der Waals surface area contributed by atoms with Crippen molar-refractivity contribution in [3.05, 3.63) is 47.5 Å². The highest BCUT2D eigenvalue weighted by molar-refractivity contribution is 5.72. The second kappa shape index (κ2) is 3.70. The summed E-state index contributed by atoms with van der Waals surface area (Å²) in [4.78, 5) is 0. The normalized spacial score (nSPS) is 13.2. The first-order chi connectivity index (χ1) is 8.25. The van der Waals surface area contributed by atoms with Gasteiger partial charge in [-0.1, -0.05) is 12.1 Å². The number of hydrogen-bond donors (Lipinski definition) is 3. The van der Waals surface area contributed by atoms with Crippen molar-refractivity contribution in [2.45, 2.75) is 12.8 Å². The Balaban J connectivity index is 2.14. The van der Waals surface area contributed by atoms with Crippen LogP contribution >= 0.6 is 0 Å². The van der Waals surface area contributed by atoms with Crippen molar-refractivity contribution < 1.29 is 10.2 Å². The highest BCUT2D eigenvalue weighted by Crippen LogP contribution is 2.37. The zero-order valence-corrected chi connectivity index (χ0v) is 9.27. The van der Waals surface area contributed by atoms with E-state index in [1.165, 1.54) is 0 Å². The van der Waals surface area contributed by atoms with Crippen LogP contribution in [-0.2, 0) is 12.8 Å². The van der Waals surface area contributed by atoms with E-state index < -0.39 is 0 Å². The van der Waals surface area contributed by atoms with Gasteiger partial charge in [-0.05, 0) is 37.1 Å². The lowest BCUT2D eigenvalue weighted by Crippen LogP contribution is -1.93. The van der Waals surface area contributed by atoms with E-state index in [1.54, 1.807) is 12.1 Å². The molecule has 1 aliphatic heterocycles. The molecular formula is C14H13NO2. The molecule has 0 saturated carbocycles. The molecule has 3 heteroatoms. The maximum atomic E-state index is 9.83. The number of aromatic hydroxyl groups is 2. The smallest absolute Gasteiger partial charge is 0.120 e. The maximum absolute atomic E-state index is 9.83. The molecule has 0 fully saturated rings. The summed E-state index contributed by atoms with van der Waals surface area (Å²) in [7, 11) is 0. The van der Waals surface area contributed by atoms with Gasteiger partial charge in [-0.3, -0.25) is 0 Å². The molecule has 0 bridgehead atoms. The van der Waals surface area contributed by atoms with Crippen LogP contribution in [0.1, 0.15) is 11.1 Å². The Morgan fingerprint density at radius 2 is 1.24 bits per heavy atom. The SMILES string of the molecule is Oc1cccc2c1CCc1c(O)cccc1N2. The Bertz CT molecular complexity index is 527. The number of rotatable bonds is 0. The summed E-state index contributed by atoms with van der Waals surface area (Å²) in [6, 6.07) is 10.9. The minimum Gasteiger partial charge on any atom is -0.508 e. The van der Waals surface area contributed by atoms with Crippen LogP contribution in [0.5, 0.6) is 11.5 Å². The van der Waals surface area contributed by atoms with E-state index in [1.807, 2.05) is 24.3 Å². The number of anilines is 2. The molecule has 0 aromatic heterocycles. The third-order valence-corrected chi connectivity index (χ3v) is 3.20. The van der Waals surface area contributed by atoms with Gasteiger partial charge >= 0.3 is 0 Å². The van der Waals surface area contributed by atoms with Gasteiger partial charge in [-0.25, -0.2) is 0 Å². The van der Waals surface area contributed by atoms with Crippen LogP contribution in [0.4, 0.5) is 11.4 Å². The van der Waals surface area contributed by atoms with Gasteiger partial charge in [0, 0.05) is 22.5 Å². The second-order valence-electron chi connectivity index (χ2n) is 4.23. The van der Waals surface area contributed by atoms with Crippen molar-refractivity contribution in [3.8, 4) is 11.5 Å². The number of hydrogen-bond acceptors (Lipinski definition) is 3. The van der Waals surface area contributed by atoms with E-state index in [4.69, 9.17) is 0 Å². The lowest BCUT2D eigenvalue weighted by molar-refractivity contribution is 0.463. The van der Waals surface area contributed by atoms with Crippen LogP contribution in [0.3, 0.4) is 0 Å². The number of phenolic OH excluding ortho intramolecular Hbond substituents is 2. The van der Waals surface area contributed by atoms with Crippen molar-refractivity contribution in [2.24, 2.45) is 0 Å². The van der Waals surface area contributed by atoms with Crippen LogP contribution < -0.4 is 5.32 Å². The predicted molar refractivity (Wildman–Crippen MR) is 66.9 cm³/mol. The summed E-state index contributed by atoms with van der Waals surface area (Å²) in [5.74, 6) is 0.615. The number of fused-ring (bicyclic) bond motifs is 2. The first-order valence-corrected chi connectivity index (χ1v) is 5.64. The molecule has 0 atom stereocenters. The highest BCUT2D eigenvalue weighted by Gasteiger charge is 2.17. The Kier molecular flexibility index (Phi) is 2.18. The highest BCUT2D eigenvalue weighted by atomic mass is 16.3. The van der Waals surface area contributed by atoms with Gasteiger partial charge in [0.05, 0.1) is 0 Å².